The molecule has 40 heavy (non-hydrogen) atoms. The summed E-state index contributed by atoms with van der Waals surface area (Å²) in [5.41, 5.74) is 9.53. The SMILES string of the molecule is C=C(/C(=C\C=C(/C)c1cnccc1C#N)NC(=O)c1ccnc(-c2c(F)cccc2OC)n1)C1CCC(N)CC1. The Morgan fingerprint density at radius 3 is 2.70 bits per heavy atom. The average Bonchev–Trinajstić information content (AvgIpc) is 2.98. The van der Waals surface area contributed by atoms with Crippen LogP contribution in [0.2, 0.25) is 0 Å². The lowest BCUT2D eigenvalue weighted by Gasteiger charge is -2.28. The molecule has 0 spiro atoms. The second-order valence-electron chi connectivity index (χ2n) is 9.64. The highest BCUT2D eigenvalue weighted by Crippen LogP contribution is 2.32. The molecule has 0 atom stereocenters. The lowest BCUT2D eigenvalue weighted by molar-refractivity contribution is 0.0961. The molecule has 1 fully saturated rings. The number of nitrogens with two attached hydrogens (primary N) is 1. The van der Waals surface area contributed by atoms with Crippen LogP contribution in [-0.2, 0) is 0 Å². The molecule has 0 aliphatic heterocycles. The number of aromatic nitrogens is 3. The normalized spacial score (nSPS) is 17.6. The number of carbonyl (C=O) groups is 1. The van der Waals surface area contributed by atoms with E-state index in [0.29, 0.717) is 16.8 Å². The van der Waals surface area contributed by atoms with Gasteiger partial charge in [0.25, 0.3) is 5.91 Å². The van der Waals surface area contributed by atoms with Gasteiger partial charge >= 0.3 is 0 Å². The molecule has 1 aliphatic carbocycles. The first-order chi connectivity index (χ1) is 19.3. The maximum atomic E-state index is 14.7. The summed E-state index contributed by atoms with van der Waals surface area (Å²) >= 11 is 0. The van der Waals surface area contributed by atoms with E-state index in [2.05, 4.69) is 32.9 Å². The van der Waals surface area contributed by atoms with Crippen molar-refractivity contribution in [3.8, 4) is 23.2 Å². The van der Waals surface area contributed by atoms with E-state index in [0.717, 1.165) is 36.8 Å². The molecular formula is C31H31FN6O2. The monoisotopic (exact) mass is 538 g/mol. The molecule has 1 saturated carbocycles. The smallest absolute Gasteiger partial charge is 0.274 e. The molecular weight excluding hydrogens is 507 g/mol. The van der Waals surface area contributed by atoms with Crippen LogP contribution >= 0.6 is 0 Å². The minimum atomic E-state index is -0.561. The van der Waals surface area contributed by atoms with Crippen molar-refractivity contribution in [2.24, 2.45) is 11.7 Å². The van der Waals surface area contributed by atoms with Gasteiger partial charge in [0, 0.05) is 35.9 Å². The van der Waals surface area contributed by atoms with Gasteiger partial charge in [-0.25, -0.2) is 14.4 Å². The highest BCUT2D eigenvalue weighted by Gasteiger charge is 2.24. The maximum absolute atomic E-state index is 14.7. The summed E-state index contributed by atoms with van der Waals surface area (Å²) < 4.78 is 19.9. The van der Waals surface area contributed by atoms with E-state index in [9.17, 15) is 14.4 Å². The van der Waals surface area contributed by atoms with Crippen LogP contribution in [0.1, 0.15) is 54.2 Å². The number of benzene rings is 1. The first kappa shape index (κ1) is 28.3. The van der Waals surface area contributed by atoms with Gasteiger partial charge in [-0.05, 0) is 80.0 Å². The van der Waals surface area contributed by atoms with E-state index in [1.165, 1.54) is 31.5 Å². The topological polar surface area (TPSA) is 127 Å². The number of halogens is 1. The zero-order valence-electron chi connectivity index (χ0n) is 22.5. The van der Waals surface area contributed by atoms with Gasteiger partial charge in [0.15, 0.2) is 5.82 Å². The zero-order valence-corrected chi connectivity index (χ0v) is 22.5. The molecule has 0 saturated heterocycles. The molecule has 0 radical (unpaired) electrons. The first-order valence-corrected chi connectivity index (χ1v) is 13.0. The Kier molecular flexibility index (Phi) is 9.15. The number of nitriles is 1. The summed E-state index contributed by atoms with van der Waals surface area (Å²) in [6.45, 7) is 6.19. The summed E-state index contributed by atoms with van der Waals surface area (Å²) in [5.74, 6) is -0.616. The maximum Gasteiger partial charge on any atom is 0.274 e. The van der Waals surface area contributed by atoms with Gasteiger partial charge in [-0.15, -0.1) is 0 Å². The lowest BCUT2D eigenvalue weighted by Crippen LogP contribution is -2.30. The number of rotatable bonds is 8. The molecule has 3 aromatic rings. The lowest BCUT2D eigenvalue weighted by atomic mass is 9.81. The molecule has 204 valence electrons. The van der Waals surface area contributed by atoms with Gasteiger partial charge < -0.3 is 15.8 Å². The predicted octanol–water partition coefficient (Wildman–Crippen LogP) is 5.35. The van der Waals surface area contributed by atoms with Gasteiger partial charge in [-0.3, -0.25) is 9.78 Å². The van der Waals surface area contributed by atoms with Gasteiger partial charge in [-0.1, -0.05) is 18.7 Å². The summed E-state index contributed by atoms with van der Waals surface area (Å²) in [6, 6.07) is 9.86. The van der Waals surface area contributed by atoms with Crippen molar-refractivity contribution >= 4 is 11.5 Å². The number of hydrogen-bond acceptors (Lipinski definition) is 7. The average molecular weight is 539 g/mol. The molecule has 2 aromatic heterocycles. The molecule has 1 amide bonds. The Morgan fingerprint density at radius 1 is 1.20 bits per heavy atom. The first-order valence-electron chi connectivity index (χ1n) is 13.0. The van der Waals surface area contributed by atoms with Crippen molar-refractivity contribution in [1.29, 1.82) is 5.26 Å². The Morgan fingerprint density at radius 2 is 1.98 bits per heavy atom. The van der Waals surface area contributed by atoms with Crippen LogP contribution in [0.4, 0.5) is 4.39 Å². The number of amides is 1. The predicted molar refractivity (Wildman–Crippen MR) is 151 cm³/mol. The summed E-state index contributed by atoms with van der Waals surface area (Å²) in [7, 11) is 1.43. The number of pyridine rings is 1. The number of carbonyl (C=O) groups excluding carboxylic acids is 1. The van der Waals surface area contributed by atoms with Crippen LogP contribution in [0.3, 0.4) is 0 Å². The Labute approximate surface area is 233 Å². The molecule has 0 unspecified atom stereocenters. The van der Waals surface area contributed by atoms with Gasteiger partial charge in [0.2, 0.25) is 0 Å². The third-order valence-corrected chi connectivity index (χ3v) is 7.03. The van der Waals surface area contributed by atoms with E-state index < -0.39 is 11.7 Å². The van der Waals surface area contributed by atoms with E-state index >= 15 is 0 Å². The molecule has 9 heteroatoms. The largest absolute Gasteiger partial charge is 0.496 e. The Bertz CT molecular complexity index is 1520. The minimum Gasteiger partial charge on any atom is -0.496 e. The highest BCUT2D eigenvalue weighted by molar-refractivity contribution is 5.94. The van der Waals surface area contributed by atoms with E-state index in [1.807, 2.05) is 13.0 Å². The van der Waals surface area contributed by atoms with Gasteiger partial charge in [-0.2, -0.15) is 5.26 Å². The van der Waals surface area contributed by atoms with Gasteiger partial charge in [0.05, 0.1) is 24.3 Å². The summed E-state index contributed by atoms with van der Waals surface area (Å²) in [5, 5.41) is 12.4. The summed E-state index contributed by atoms with van der Waals surface area (Å²) in [6.07, 6.45) is 11.7. The quantitative estimate of drug-likeness (QED) is 0.370. The second-order valence-corrected chi connectivity index (χ2v) is 9.64. The van der Waals surface area contributed by atoms with E-state index in [4.69, 9.17) is 10.5 Å². The van der Waals surface area contributed by atoms with Gasteiger partial charge in [0.1, 0.15) is 17.3 Å². The second kappa shape index (κ2) is 12.9. The molecule has 8 nitrogen and oxygen atoms in total. The third-order valence-electron chi connectivity index (χ3n) is 7.03. The molecule has 4 rings (SSSR count). The van der Waals surface area contributed by atoms with Crippen LogP contribution in [-0.4, -0.2) is 34.0 Å². The number of ether oxygens (including phenoxy) is 1. The number of nitrogens with zero attached hydrogens (tertiary/aromatic N) is 4. The van der Waals surface area contributed by atoms with Crippen LogP contribution < -0.4 is 15.8 Å². The molecule has 1 aromatic carbocycles. The van der Waals surface area contributed by atoms with Crippen LogP contribution in [0.25, 0.3) is 17.0 Å². The molecule has 1 aliphatic rings. The standard InChI is InChI=1S/C31H31FN6O2/c1-19(24-18-35-15-13-22(24)17-33)7-12-26(20(2)21-8-10-23(34)11-9-21)38-31(39)27-14-16-36-30(37-27)29-25(32)5-4-6-28(29)40-3/h4-7,12-16,18,21,23H,2,8-11,34H2,1,3H3,(H,38,39)/b19-7+,26-12+. The van der Waals surface area contributed by atoms with Crippen molar-refractivity contribution in [1.82, 2.24) is 20.3 Å². The Balaban J connectivity index is 1.67. The fraction of sp³-hybridized carbons (Fsp3) is 0.258. The Hall–Kier alpha value is -4.68. The number of allylic oxidation sites excluding steroid dienone is 4. The van der Waals surface area contributed by atoms with Crippen molar-refractivity contribution in [2.75, 3.05) is 7.11 Å². The van der Waals surface area contributed by atoms with Crippen molar-refractivity contribution in [3.05, 3.63) is 102 Å². The highest BCUT2D eigenvalue weighted by atomic mass is 19.1. The number of methoxy groups -OCH3 is 1. The van der Waals surface area contributed by atoms with E-state index in [1.54, 1.807) is 30.6 Å². The molecule has 3 N–H and O–H groups in total. The molecule has 0 bridgehead atoms. The van der Waals surface area contributed by atoms with Crippen molar-refractivity contribution < 1.29 is 13.9 Å². The van der Waals surface area contributed by atoms with Crippen LogP contribution in [0.5, 0.6) is 5.75 Å². The van der Waals surface area contributed by atoms with Crippen molar-refractivity contribution in [2.45, 2.75) is 38.6 Å². The van der Waals surface area contributed by atoms with E-state index in [-0.39, 0.29) is 34.8 Å². The fourth-order valence-corrected chi connectivity index (χ4v) is 4.70. The third kappa shape index (κ3) is 6.47. The zero-order chi connectivity index (χ0) is 28.6. The van der Waals surface area contributed by atoms with Crippen LogP contribution in [0, 0.1) is 23.1 Å². The number of nitrogens with one attached hydrogen (secondary N) is 1. The van der Waals surface area contributed by atoms with Crippen molar-refractivity contribution in [3.63, 3.8) is 0 Å². The van der Waals surface area contributed by atoms with Crippen LogP contribution in [0.15, 0.2) is 78.9 Å². The molecule has 2 heterocycles. The minimum absolute atomic E-state index is 0.0320. The number of hydrogen-bond donors (Lipinski definition) is 2. The fourth-order valence-electron chi connectivity index (χ4n) is 4.70. The summed E-state index contributed by atoms with van der Waals surface area (Å²) in [4.78, 5) is 26.1.